The van der Waals surface area contributed by atoms with Gasteiger partial charge in [-0.3, -0.25) is 19.3 Å². The Morgan fingerprint density at radius 3 is 2.14 bits per heavy atom. The Labute approximate surface area is 82.3 Å². The van der Waals surface area contributed by atoms with E-state index in [1.165, 1.54) is 4.90 Å². The lowest BCUT2D eigenvalue weighted by molar-refractivity contribution is -0.147. The van der Waals surface area contributed by atoms with Crippen molar-refractivity contribution in [1.29, 1.82) is 0 Å². The Hall–Kier alpha value is -1.19. The van der Waals surface area contributed by atoms with E-state index in [9.17, 15) is 14.4 Å². The Balaban J connectivity index is 2.16. The van der Waals surface area contributed by atoms with Gasteiger partial charge in [0.1, 0.15) is 0 Å². The first kappa shape index (κ1) is 9.37. The number of imide groups is 1. The van der Waals surface area contributed by atoms with Crippen molar-refractivity contribution in [3.8, 4) is 0 Å². The third-order valence-corrected chi connectivity index (χ3v) is 2.92. The second-order valence-electron chi connectivity index (χ2n) is 3.89. The van der Waals surface area contributed by atoms with Crippen molar-refractivity contribution in [1.82, 2.24) is 4.90 Å². The summed E-state index contributed by atoms with van der Waals surface area (Å²) in [4.78, 5) is 35.5. The summed E-state index contributed by atoms with van der Waals surface area (Å²) >= 11 is 0. The van der Waals surface area contributed by atoms with Crippen LogP contribution in [0.3, 0.4) is 0 Å². The smallest absolute Gasteiger partial charge is 0.230 e. The number of nitrogens with zero attached hydrogens (tertiary/aromatic N) is 1. The molecule has 1 aliphatic carbocycles. The number of carbonyl (C=O) groups excluding carboxylic acids is 3. The van der Waals surface area contributed by atoms with Gasteiger partial charge in [-0.15, -0.1) is 0 Å². The maximum Gasteiger partial charge on any atom is 0.230 e. The van der Waals surface area contributed by atoms with Gasteiger partial charge in [0.05, 0.1) is 6.04 Å². The molecule has 0 aromatic rings. The van der Waals surface area contributed by atoms with Crippen LogP contribution in [-0.4, -0.2) is 28.5 Å². The molecule has 0 N–H and O–H groups in total. The monoisotopic (exact) mass is 195 g/mol. The summed E-state index contributed by atoms with van der Waals surface area (Å²) in [6, 6.07) is -0.439. The first-order chi connectivity index (χ1) is 6.70. The summed E-state index contributed by atoms with van der Waals surface area (Å²) in [7, 11) is 0. The van der Waals surface area contributed by atoms with E-state index >= 15 is 0 Å². The minimum absolute atomic E-state index is 0.0554. The van der Waals surface area contributed by atoms with Crippen LogP contribution >= 0.6 is 0 Å². The highest BCUT2D eigenvalue weighted by molar-refractivity contribution is 6.06. The number of ketones is 1. The molecule has 0 aromatic carbocycles. The van der Waals surface area contributed by atoms with Crippen molar-refractivity contribution in [3.63, 3.8) is 0 Å². The van der Waals surface area contributed by atoms with E-state index < -0.39 is 6.04 Å². The molecule has 2 aliphatic rings. The van der Waals surface area contributed by atoms with E-state index in [4.69, 9.17) is 0 Å². The molecule has 1 unspecified atom stereocenters. The molecule has 0 radical (unpaired) electrons. The summed E-state index contributed by atoms with van der Waals surface area (Å²) < 4.78 is 0. The molecule has 1 saturated carbocycles. The molecule has 4 heteroatoms. The molecule has 0 bridgehead atoms. The summed E-state index contributed by atoms with van der Waals surface area (Å²) in [5.41, 5.74) is 0. The van der Waals surface area contributed by atoms with Gasteiger partial charge < -0.3 is 0 Å². The van der Waals surface area contributed by atoms with Gasteiger partial charge in [0.15, 0.2) is 5.78 Å². The number of hydrogen-bond donors (Lipinski definition) is 0. The maximum absolute atomic E-state index is 11.5. The number of carbonyl (C=O) groups is 3. The van der Waals surface area contributed by atoms with Crippen LogP contribution in [-0.2, 0) is 14.4 Å². The first-order valence-electron chi connectivity index (χ1n) is 5.08. The molecule has 2 amide bonds. The van der Waals surface area contributed by atoms with Crippen molar-refractivity contribution in [3.05, 3.63) is 0 Å². The molecule has 2 rings (SSSR count). The van der Waals surface area contributed by atoms with E-state index in [1.807, 2.05) is 0 Å². The van der Waals surface area contributed by atoms with Crippen molar-refractivity contribution >= 4 is 17.6 Å². The average molecular weight is 195 g/mol. The minimum Gasteiger partial charge on any atom is -0.297 e. The van der Waals surface area contributed by atoms with Gasteiger partial charge in [0.2, 0.25) is 11.8 Å². The number of likely N-dealkylation sites (tertiary alicyclic amines) is 1. The lowest BCUT2D eigenvalue weighted by Crippen LogP contribution is -2.45. The van der Waals surface area contributed by atoms with Gasteiger partial charge in [0.25, 0.3) is 0 Å². The Kier molecular flexibility index (Phi) is 2.35. The fourth-order valence-electron chi connectivity index (χ4n) is 2.18. The molecule has 1 saturated heterocycles. The maximum atomic E-state index is 11.5. The molecule has 4 nitrogen and oxygen atoms in total. The highest BCUT2D eigenvalue weighted by atomic mass is 16.2. The fraction of sp³-hybridized carbons (Fsp3) is 0.700. The Morgan fingerprint density at radius 1 is 0.929 bits per heavy atom. The topological polar surface area (TPSA) is 54.5 Å². The molecule has 0 aromatic heterocycles. The normalized spacial score (nSPS) is 28.7. The van der Waals surface area contributed by atoms with Crippen molar-refractivity contribution in [2.24, 2.45) is 0 Å². The van der Waals surface area contributed by atoms with Crippen molar-refractivity contribution in [2.45, 2.75) is 44.6 Å². The average Bonchev–Trinajstić information content (AvgIpc) is 2.48. The predicted molar refractivity (Wildman–Crippen MR) is 48.4 cm³/mol. The van der Waals surface area contributed by atoms with Crippen LogP contribution in [0.4, 0.5) is 0 Å². The van der Waals surface area contributed by atoms with Gasteiger partial charge in [-0.1, -0.05) is 6.42 Å². The van der Waals surface area contributed by atoms with Crippen LogP contribution in [0.15, 0.2) is 0 Å². The van der Waals surface area contributed by atoms with Crippen LogP contribution in [0.1, 0.15) is 38.5 Å². The number of rotatable bonds is 1. The highest BCUT2D eigenvalue weighted by Gasteiger charge is 2.39. The lowest BCUT2D eigenvalue weighted by atomic mass is 9.93. The largest absolute Gasteiger partial charge is 0.297 e. The molecule has 2 fully saturated rings. The summed E-state index contributed by atoms with van der Waals surface area (Å²) in [5.74, 6) is -0.287. The third-order valence-electron chi connectivity index (χ3n) is 2.92. The van der Waals surface area contributed by atoms with E-state index in [0.29, 0.717) is 12.8 Å². The zero-order valence-corrected chi connectivity index (χ0v) is 7.99. The van der Waals surface area contributed by atoms with E-state index in [1.54, 1.807) is 0 Å². The van der Waals surface area contributed by atoms with E-state index in [2.05, 4.69) is 0 Å². The summed E-state index contributed by atoms with van der Waals surface area (Å²) in [5, 5.41) is 0. The number of Topliss-reactive ketones (excluding diaryl/α,β-unsaturated/α-hetero) is 1. The predicted octanol–water partition coefficient (Wildman–Crippen LogP) is 0.647. The van der Waals surface area contributed by atoms with Crippen LogP contribution in [0.25, 0.3) is 0 Å². The van der Waals surface area contributed by atoms with Gasteiger partial charge in [-0.25, -0.2) is 0 Å². The number of hydrogen-bond acceptors (Lipinski definition) is 3. The van der Waals surface area contributed by atoms with Crippen LogP contribution in [0.5, 0.6) is 0 Å². The molecular weight excluding hydrogens is 182 g/mol. The SMILES string of the molecule is O=C1CCCCC1N1C(=O)CCC1=O. The molecule has 76 valence electrons. The van der Waals surface area contributed by atoms with Crippen LogP contribution in [0.2, 0.25) is 0 Å². The van der Waals surface area contributed by atoms with Crippen LogP contribution < -0.4 is 0 Å². The van der Waals surface area contributed by atoms with Gasteiger partial charge in [-0.2, -0.15) is 0 Å². The second kappa shape index (κ2) is 3.52. The second-order valence-corrected chi connectivity index (χ2v) is 3.89. The zero-order valence-electron chi connectivity index (χ0n) is 7.99. The molecule has 14 heavy (non-hydrogen) atoms. The fourth-order valence-corrected chi connectivity index (χ4v) is 2.18. The molecule has 1 aliphatic heterocycles. The van der Waals surface area contributed by atoms with E-state index in [-0.39, 0.29) is 30.4 Å². The first-order valence-corrected chi connectivity index (χ1v) is 5.08. The minimum atomic E-state index is -0.439. The zero-order chi connectivity index (χ0) is 10.1. The van der Waals surface area contributed by atoms with Gasteiger partial charge in [0, 0.05) is 19.3 Å². The molecule has 1 atom stereocenters. The number of amides is 2. The molecule has 0 spiro atoms. The highest BCUT2D eigenvalue weighted by Crippen LogP contribution is 2.24. The van der Waals surface area contributed by atoms with Gasteiger partial charge in [-0.05, 0) is 12.8 Å². The lowest BCUT2D eigenvalue weighted by Gasteiger charge is -2.27. The Morgan fingerprint density at radius 2 is 1.57 bits per heavy atom. The molecular formula is C10H13NO3. The van der Waals surface area contributed by atoms with Gasteiger partial charge >= 0.3 is 0 Å². The van der Waals surface area contributed by atoms with Crippen molar-refractivity contribution < 1.29 is 14.4 Å². The van der Waals surface area contributed by atoms with Crippen LogP contribution in [0, 0.1) is 0 Å². The Bertz CT molecular complexity index is 282. The molecule has 1 heterocycles. The summed E-state index contributed by atoms with van der Waals surface area (Å²) in [6.45, 7) is 0. The standard InChI is InChI=1S/C10H13NO3/c12-8-4-2-1-3-7(8)11-9(13)5-6-10(11)14/h7H,1-6H2. The van der Waals surface area contributed by atoms with E-state index in [0.717, 1.165) is 12.8 Å². The third kappa shape index (κ3) is 1.45. The summed E-state index contributed by atoms with van der Waals surface area (Å²) in [6.07, 6.45) is 3.57. The quantitative estimate of drug-likeness (QED) is 0.577. The van der Waals surface area contributed by atoms with Crippen molar-refractivity contribution in [2.75, 3.05) is 0 Å².